The molecule has 0 unspecified atom stereocenters. The third-order valence-electron chi connectivity index (χ3n) is 4.46. The van der Waals surface area contributed by atoms with Crippen LogP contribution < -0.4 is 10.6 Å². The Labute approximate surface area is 194 Å². The molecule has 0 bridgehead atoms. The van der Waals surface area contributed by atoms with Crippen molar-refractivity contribution in [2.24, 2.45) is 0 Å². The molecule has 0 saturated heterocycles. The summed E-state index contributed by atoms with van der Waals surface area (Å²) in [5, 5.41) is 28.7. The SMILES string of the molecule is O=C(COC(=O)c1cc([N+](=O)[O-])ccc1NCCO)Nc1cc(C(F)(F)F)ccc1-n1cncn1. The highest BCUT2D eigenvalue weighted by atomic mass is 19.4. The molecule has 15 heteroatoms. The Balaban J connectivity index is 1.78. The Kier molecular flexibility index (Phi) is 7.60. The number of esters is 1. The van der Waals surface area contributed by atoms with Crippen molar-refractivity contribution in [2.75, 3.05) is 30.4 Å². The lowest BCUT2D eigenvalue weighted by atomic mass is 10.1. The Bertz CT molecular complexity index is 1230. The smallest absolute Gasteiger partial charge is 0.416 e. The number of benzene rings is 2. The number of aliphatic hydroxyl groups excluding tert-OH is 1. The summed E-state index contributed by atoms with van der Waals surface area (Å²) in [4.78, 5) is 38.9. The molecule has 1 heterocycles. The van der Waals surface area contributed by atoms with Crippen LogP contribution in [-0.4, -0.2) is 56.4 Å². The Morgan fingerprint density at radius 3 is 2.57 bits per heavy atom. The van der Waals surface area contributed by atoms with Crippen LogP contribution in [0, 0.1) is 10.1 Å². The number of hydrogen-bond donors (Lipinski definition) is 3. The van der Waals surface area contributed by atoms with Crippen LogP contribution in [0.25, 0.3) is 5.69 Å². The molecule has 0 aliphatic rings. The van der Waals surface area contributed by atoms with Crippen molar-refractivity contribution in [3.05, 3.63) is 70.3 Å². The second kappa shape index (κ2) is 10.6. The number of ether oxygens (including phenoxy) is 1. The maximum absolute atomic E-state index is 13.2. The van der Waals surface area contributed by atoms with Crippen LogP contribution in [0.3, 0.4) is 0 Å². The third-order valence-corrected chi connectivity index (χ3v) is 4.46. The molecule has 1 amide bonds. The Morgan fingerprint density at radius 2 is 1.94 bits per heavy atom. The van der Waals surface area contributed by atoms with E-state index < -0.39 is 40.8 Å². The van der Waals surface area contributed by atoms with Gasteiger partial charge in [0.05, 0.1) is 34.0 Å². The Hall–Kier alpha value is -4.53. The summed E-state index contributed by atoms with van der Waals surface area (Å²) in [6, 6.07) is 5.86. The highest BCUT2D eigenvalue weighted by molar-refractivity contribution is 5.99. The Morgan fingerprint density at radius 1 is 1.17 bits per heavy atom. The summed E-state index contributed by atoms with van der Waals surface area (Å²) in [6.07, 6.45) is -2.33. The van der Waals surface area contributed by atoms with E-state index in [9.17, 15) is 32.9 Å². The summed E-state index contributed by atoms with van der Waals surface area (Å²) >= 11 is 0. The zero-order valence-corrected chi connectivity index (χ0v) is 17.7. The van der Waals surface area contributed by atoms with Crippen LogP contribution in [0.2, 0.25) is 0 Å². The van der Waals surface area contributed by atoms with Gasteiger partial charge in [0.1, 0.15) is 12.7 Å². The van der Waals surface area contributed by atoms with E-state index in [-0.39, 0.29) is 35.8 Å². The number of nitrogens with zero attached hydrogens (tertiary/aromatic N) is 4. The van der Waals surface area contributed by atoms with Crippen molar-refractivity contribution in [3.8, 4) is 5.69 Å². The normalized spacial score (nSPS) is 11.1. The minimum absolute atomic E-state index is 0.0270. The zero-order valence-electron chi connectivity index (χ0n) is 17.7. The van der Waals surface area contributed by atoms with Gasteiger partial charge in [0.15, 0.2) is 6.61 Å². The molecule has 0 fully saturated rings. The van der Waals surface area contributed by atoms with Crippen LogP contribution in [0.5, 0.6) is 0 Å². The molecule has 184 valence electrons. The summed E-state index contributed by atoms with van der Waals surface area (Å²) in [7, 11) is 0. The lowest BCUT2D eigenvalue weighted by Gasteiger charge is -2.15. The number of amides is 1. The molecule has 1 aromatic heterocycles. The standard InChI is InChI=1S/C20H17F3N6O6/c21-20(22,23)12-1-4-17(28-11-24-10-26-28)16(7-12)27-18(31)9-35-19(32)14-8-13(29(33)34)2-3-15(14)25-5-6-30/h1-4,7-8,10-11,25,30H,5-6,9H2,(H,27,31). The molecule has 3 N–H and O–H groups in total. The molecule has 0 spiro atoms. The van der Waals surface area contributed by atoms with Crippen molar-refractivity contribution >= 4 is 28.9 Å². The van der Waals surface area contributed by atoms with E-state index in [0.29, 0.717) is 6.07 Å². The van der Waals surface area contributed by atoms with Crippen LogP contribution >= 0.6 is 0 Å². The summed E-state index contributed by atoms with van der Waals surface area (Å²) in [5.74, 6) is -2.08. The summed E-state index contributed by atoms with van der Waals surface area (Å²) in [6.45, 7) is -1.17. The third kappa shape index (κ3) is 6.29. The van der Waals surface area contributed by atoms with Gasteiger partial charge in [-0.05, 0) is 24.3 Å². The van der Waals surface area contributed by atoms with E-state index in [1.54, 1.807) is 0 Å². The van der Waals surface area contributed by atoms with Gasteiger partial charge >= 0.3 is 12.1 Å². The fraction of sp³-hybridized carbons (Fsp3) is 0.200. The lowest BCUT2D eigenvalue weighted by Crippen LogP contribution is -2.23. The van der Waals surface area contributed by atoms with E-state index >= 15 is 0 Å². The monoisotopic (exact) mass is 494 g/mol. The first kappa shape index (κ1) is 25.1. The van der Waals surface area contributed by atoms with Crippen molar-refractivity contribution in [1.29, 1.82) is 0 Å². The average Bonchev–Trinajstić information content (AvgIpc) is 3.35. The molecule has 0 aliphatic heterocycles. The molecule has 0 saturated carbocycles. The predicted octanol–water partition coefficient (Wildman–Crippen LogP) is 2.39. The molecule has 3 aromatic rings. The highest BCUT2D eigenvalue weighted by Gasteiger charge is 2.31. The number of aliphatic hydroxyl groups is 1. The van der Waals surface area contributed by atoms with Crippen molar-refractivity contribution < 1.29 is 37.5 Å². The number of alkyl halides is 3. The van der Waals surface area contributed by atoms with Gasteiger partial charge in [0.2, 0.25) is 0 Å². The maximum atomic E-state index is 13.2. The quantitative estimate of drug-likeness (QED) is 0.230. The first-order chi connectivity index (χ1) is 16.6. The van der Waals surface area contributed by atoms with Crippen molar-refractivity contribution in [1.82, 2.24) is 14.8 Å². The molecule has 0 aliphatic carbocycles. The van der Waals surface area contributed by atoms with Crippen molar-refractivity contribution in [3.63, 3.8) is 0 Å². The van der Waals surface area contributed by atoms with Gasteiger partial charge in [-0.1, -0.05) is 0 Å². The second-order valence-corrected chi connectivity index (χ2v) is 6.83. The lowest BCUT2D eigenvalue weighted by molar-refractivity contribution is -0.384. The number of anilines is 2. The molecule has 2 aromatic carbocycles. The van der Waals surface area contributed by atoms with Gasteiger partial charge in [-0.3, -0.25) is 14.9 Å². The fourth-order valence-electron chi connectivity index (χ4n) is 2.90. The maximum Gasteiger partial charge on any atom is 0.416 e. The fourth-order valence-corrected chi connectivity index (χ4v) is 2.90. The number of aromatic nitrogens is 3. The number of carbonyl (C=O) groups is 2. The number of nitro groups is 1. The molecular formula is C20H17F3N6O6. The number of nitrogens with one attached hydrogen (secondary N) is 2. The van der Waals surface area contributed by atoms with E-state index in [2.05, 4.69) is 20.7 Å². The molecule has 35 heavy (non-hydrogen) atoms. The molecule has 0 atom stereocenters. The molecule has 3 rings (SSSR count). The minimum atomic E-state index is -4.69. The number of nitro benzene ring substituents is 1. The molecule has 0 radical (unpaired) electrons. The number of hydrogen-bond acceptors (Lipinski definition) is 9. The summed E-state index contributed by atoms with van der Waals surface area (Å²) in [5.41, 5.74) is -1.82. The number of carbonyl (C=O) groups excluding carboxylic acids is 2. The van der Waals surface area contributed by atoms with Gasteiger partial charge in [-0.15, -0.1) is 0 Å². The summed E-state index contributed by atoms with van der Waals surface area (Å²) < 4.78 is 45.5. The van der Waals surface area contributed by atoms with Gasteiger partial charge in [0.25, 0.3) is 11.6 Å². The van der Waals surface area contributed by atoms with Crippen LogP contribution in [0.4, 0.5) is 30.2 Å². The number of non-ortho nitro benzene ring substituents is 1. The second-order valence-electron chi connectivity index (χ2n) is 6.83. The van der Waals surface area contributed by atoms with Gasteiger partial charge in [-0.25, -0.2) is 14.5 Å². The molecule has 12 nitrogen and oxygen atoms in total. The van der Waals surface area contributed by atoms with E-state index in [0.717, 1.165) is 35.3 Å². The van der Waals surface area contributed by atoms with E-state index in [1.807, 2.05) is 0 Å². The van der Waals surface area contributed by atoms with E-state index in [4.69, 9.17) is 9.84 Å². The predicted molar refractivity (Wildman–Crippen MR) is 114 cm³/mol. The first-order valence-electron chi connectivity index (χ1n) is 9.76. The van der Waals surface area contributed by atoms with Crippen molar-refractivity contribution in [2.45, 2.75) is 6.18 Å². The number of halogens is 3. The largest absolute Gasteiger partial charge is 0.452 e. The van der Waals surface area contributed by atoms with Gasteiger partial charge in [0, 0.05) is 24.4 Å². The number of rotatable bonds is 9. The van der Waals surface area contributed by atoms with E-state index in [1.165, 1.54) is 12.4 Å². The first-order valence-corrected chi connectivity index (χ1v) is 9.76. The van der Waals surface area contributed by atoms with Crippen LogP contribution in [0.1, 0.15) is 15.9 Å². The van der Waals surface area contributed by atoms with Gasteiger partial charge in [-0.2, -0.15) is 18.3 Å². The average molecular weight is 494 g/mol. The highest BCUT2D eigenvalue weighted by Crippen LogP contribution is 2.33. The van der Waals surface area contributed by atoms with Crippen LogP contribution in [-0.2, 0) is 15.7 Å². The van der Waals surface area contributed by atoms with Crippen LogP contribution in [0.15, 0.2) is 49.1 Å². The zero-order chi connectivity index (χ0) is 25.6. The van der Waals surface area contributed by atoms with Gasteiger partial charge < -0.3 is 20.5 Å². The minimum Gasteiger partial charge on any atom is -0.452 e. The topological polar surface area (TPSA) is 162 Å². The molecular weight excluding hydrogens is 477 g/mol.